The maximum atomic E-state index is 12.3. The van der Waals surface area contributed by atoms with Crippen molar-refractivity contribution >= 4 is 11.8 Å². The minimum atomic E-state index is -2.83. The summed E-state index contributed by atoms with van der Waals surface area (Å²) in [6.07, 6.45) is -0.0162. The van der Waals surface area contributed by atoms with Crippen LogP contribution in [0.15, 0.2) is 0 Å². The molecule has 0 bridgehead atoms. The third-order valence-corrected chi connectivity index (χ3v) is 2.56. The minimum Gasteiger partial charge on any atom is -0.235 e. The minimum absolute atomic E-state index is 0.0162. The van der Waals surface area contributed by atoms with Crippen LogP contribution in [-0.4, -0.2) is 10.8 Å². The predicted molar refractivity (Wildman–Crippen MR) is 31.2 cm³/mol. The van der Waals surface area contributed by atoms with Crippen LogP contribution in [0.5, 0.6) is 0 Å². The van der Waals surface area contributed by atoms with Crippen molar-refractivity contribution in [3.63, 3.8) is 0 Å². The van der Waals surface area contributed by atoms with Gasteiger partial charge < -0.3 is 0 Å². The summed E-state index contributed by atoms with van der Waals surface area (Å²) in [4.78, 5) is 0. The molecule has 4 heteroatoms. The van der Waals surface area contributed by atoms with Crippen LogP contribution < -0.4 is 0 Å². The average Bonchev–Trinajstić information content (AvgIpc) is 1.79. The van der Waals surface area contributed by atoms with Gasteiger partial charge in [0.1, 0.15) is 0 Å². The fraction of sp³-hybridized carbons (Fsp3) is 1.00. The Bertz CT molecular complexity index is 115. The van der Waals surface area contributed by atoms with Crippen molar-refractivity contribution < 1.29 is 13.2 Å². The molecule has 2 unspecified atom stereocenters. The highest BCUT2D eigenvalue weighted by Crippen LogP contribution is 2.49. The fourth-order valence-corrected chi connectivity index (χ4v) is 1.80. The number of hydrogen-bond donors (Lipinski definition) is 0. The second kappa shape index (κ2) is 2.08. The van der Waals surface area contributed by atoms with E-state index in [4.69, 9.17) is 0 Å². The van der Waals surface area contributed by atoms with Gasteiger partial charge >= 0.3 is 0 Å². The van der Waals surface area contributed by atoms with Crippen LogP contribution in [-0.2, 0) is 0 Å². The summed E-state index contributed by atoms with van der Waals surface area (Å²) in [5.41, 5.74) is -1.37. The first-order valence-electron chi connectivity index (χ1n) is 2.72. The molecule has 0 spiro atoms. The first-order chi connectivity index (χ1) is 4.02. The van der Waals surface area contributed by atoms with Crippen LogP contribution in [0.2, 0.25) is 0 Å². The topological polar surface area (TPSA) is 0 Å². The first kappa shape index (κ1) is 7.25. The van der Waals surface area contributed by atoms with E-state index in [1.54, 1.807) is 0 Å². The van der Waals surface area contributed by atoms with Gasteiger partial charge in [-0.15, -0.1) is 0 Å². The SMILES string of the molecule is CC1CC(F)SC1(F)F. The van der Waals surface area contributed by atoms with Gasteiger partial charge in [0, 0.05) is 5.92 Å². The largest absolute Gasteiger partial charge is 0.299 e. The molecular weight excluding hydrogens is 149 g/mol. The molecule has 1 heterocycles. The Morgan fingerprint density at radius 2 is 2.11 bits per heavy atom. The van der Waals surface area contributed by atoms with Crippen molar-refractivity contribution in [3.05, 3.63) is 0 Å². The molecule has 2 atom stereocenters. The maximum Gasteiger partial charge on any atom is 0.299 e. The van der Waals surface area contributed by atoms with E-state index >= 15 is 0 Å². The Morgan fingerprint density at radius 3 is 2.22 bits per heavy atom. The molecular formula is C5H7F3S. The lowest BCUT2D eigenvalue weighted by Gasteiger charge is -2.10. The van der Waals surface area contributed by atoms with Crippen molar-refractivity contribution in [2.24, 2.45) is 5.92 Å². The maximum absolute atomic E-state index is 12.3. The summed E-state index contributed by atoms with van der Waals surface area (Å²) in [7, 11) is 0. The van der Waals surface area contributed by atoms with Crippen molar-refractivity contribution in [2.45, 2.75) is 24.1 Å². The summed E-state index contributed by atoms with van der Waals surface area (Å²) in [5.74, 6) is -0.808. The van der Waals surface area contributed by atoms with Crippen molar-refractivity contribution in [1.82, 2.24) is 0 Å². The normalized spacial score (nSPS) is 41.3. The van der Waals surface area contributed by atoms with Crippen LogP contribution in [0.3, 0.4) is 0 Å². The Labute approximate surface area is 55.8 Å². The highest BCUT2D eigenvalue weighted by atomic mass is 32.2. The predicted octanol–water partition coefficient (Wildman–Crippen LogP) is 2.65. The van der Waals surface area contributed by atoms with Crippen molar-refractivity contribution in [1.29, 1.82) is 0 Å². The Balaban J connectivity index is 2.58. The molecule has 54 valence electrons. The van der Waals surface area contributed by atoms with Crippen LogP contribution in [0.1, 0.15) is 13.3 Å². The fourth-order valence-electron chi connectivity index (χ4n) is 0.750. The van der Waals surface area contributed by atoms with E-state index in [0.717, 1.165) is 0 Å². The summed E-state index contributed by atoms with van der Waals surface area (Å²) < 4.78 is 36.8. The molecule has 9 heavy (non-hydrogen) atoms. The van der Waals surface area contributed by atoms with Crippen molar-refractivity contribution in [2.75, 3.05) is 0 Å². The lowest BCUT2D eigenvalue weighted by molar-refractivity contribution is 0.0527. The molecule has 0 aliphatic carbocycles. The molecule has 0 radical (unpaired) electrons. The van der Waals surface area contributed by atoms with Gasteiger partial charge in [-0.2, -0.15) is 8.78 Å². The van der Waals surface area contributed by atoms with E-state index < -0.39 is 16.7 Å². The zero-order valence-corrected chi connectivity index (χ0v) is 5.72. The molecule has 0 aromatic carbocycles. The molecule has 0 aromatic heterocycles. The second-order valence-electron chi connectivity index (χ2n) is 2.23. The van der Waals surface area contributed by atoms with Gasteiger partial charge in [-0.1, -0.05) is 18.7 Å². The zero-order valence-electron chi connectivity index (χ0n) is 4.90. The zero-order chi connectivity index (χ0) is 7.07. The van der Waals surface area contributed by atoms with Gasteiger partial charge in [0.05, 0.1) is 0 Å². The van der Waals surface area contributed by atoms with Gasteiger partial charge in [-0.25, -0.2) is 4.39 Å². The van der Waals surface area contributed by atoms with Gasteiger partial charge in [0.2, 0.25) is 0 Å². The van der Waals surface area contributed by atoms with Gasteiger partial charge in [0.25, 0.3) is 5.25 Å². The summed E-state index contributed by atoms with van der Waals surface area (Å²) in [6.45, 7) is 1.37. The third-order valence-electron chi connectivity index (χ3n) is 1.40. The van der Waals surface area contributed by atoms with E-state index in [1.165, 1.54) is 6.92 Å². The summed E-state index contributed by atoms with van der Waals surface area (Å²) in [6, 6.07) is 0. The third kappa shape index (κ3) is 1.34. The number of hydrogen-bond acceptors (Lipinski definition) is 1. The molecule has 1 aliphatic heterocycles. The van der Waals surface area contributed by atoms with E-state index in [-0.39, 0.29) is 18.2 Å². The summed E-state index contributed by atoms with van der Waals surface area (Å²) >= 11 is 0.131. The number of thioether (sulfide) groups is 1. The Hall–Kier alpha value is 0.140. The standard InChI is InChI=1S/C5H7F3S/c1-3-2-4(6)9-5(3,7)8/h3-4H,2H2,1H3. The number of alkyl halides is 3. The quantitative estimate of drug-likeness (QED) is 0.519. The lowest BCUT2D eigenvalue weighted by Crippen LogP contribution is -2.14. The van der Waals surface area contributed by atoms with Gasteiger partial charge in [-0.3, -0.25) is 0 Å². The first-order valence-corrected chi connectivity index (χ1v) is 3.60. The Morgan fingerprint density at radius 1 is 1.56 bits per heavy atom. The second-order valence-corrected chi connectivity index (χ2v) is 3.52. The smallest absolute Gasteiger partial charge is 0.235 e. The average molecular weight is 156 g/mol. The molecule has 0 aromatic rings. The lowest BCUT2D eigenvalue weighted by atomic mass is 10.1. The Kier molecular flexibility index (Phi) is 1.67. The van der Waals surface area contributed by atoms with Crippen molar-refractivity contribution in [3.8, 4) is 0 Å². The molecule has 1 rings (SSSR count). The molecule has 0 saturated carbocycles. The molecule has 1 saturated heterocycles. The van der Waals surface area contributed by atoms with Gasteiger partial charge in [0.15, 0.2) is 5.50 Å². The van der Waals surface area contributed by atoms with Gasteiger partial charge in [-0.05, 0) is 6.42 Å². The number of rotatable bonds is 0. The summed E-state index contributed by atoms with van der Waals surface area (Å²) in [5, 5.41) is -2.83. The van der Waals surface area contributed by atoms with E-state index in [1.807, 2.05) is 0 Å². The van der Waals surface area contributed by atoms with Crippen LogP contribution >= 0.6 is 11.8 Å². The van der Waals surface area contributed by atoms with Crippen LogP contribution in [0.25, 0.3) is 0 Å². The molecule has 1 aliphatic rings. The monoisotopic (exact) mass is 156 g/mol. The molecule has 0 amide bonds. The van der Waals surface area contributed by atoms with Crippen LogP contribution in [0, 0.1) is 5.92 Å². The number of halogens is 3. The van der Waals surface area contributed by atoms with E-state index in [9.17, 15) is 13.2 Å². The van der Waals surface area contributed by atoms with E-state index in [0.29, 0.717) is 0 Å². The molecule has 1 fully saturated rings. The molecule has 0 N–H and O–H groups in total. The highest BCUT2D eigenvalue weighted by Gasteiger charge is 2.47. The van der Waals surface area contributed by atoms with E-state index in [2.05, 4.69) is 0 Å². The van der Waals surface area contributed by atoms with Crippen LogP contribution in [0.4, 0.5) is 13.2 Å². The molecule has 0 nitrogen and oxygen atoms in total. The highest BCUT2D eigenvalue weighted by molar-refractivity contribution is 8.01.